The molecule has 4 rings (SSSR count). The smallest absolute Gasteiger partial charge is 0.329 e. The van der Waals surface area contributed by atoms with Crippen LogP contribution in [0.1, 0.15) is 12.8 Å². The molecule has 6 nitrogen and oxygen atoms in total. The van der Waals surface area contributed by atoms with E-state index in [1.54, 1.807) is 6.20 Å². The average molecular weight is 286 g/mol. The van der Waals surface area contributed by atoms with Crippen molar-refractivity contribution in [3.8, 4) is 11.5 Å². The number of fused-ring (bicyclic) bond motifs is 2. The minimum absolute atomic E-state index is 0.514. The third-order valence-corrected chi connectivity index (χ3v) is 3.94. The fourth-order valence-corrected chi connectivity index (χ4v) is 2.55. The first kappa shape index (κ1) is 12.3. The van der Waals surface area contributed by atoms with E-state index >= 15 is 0 Å². The Hall–Kier alpha value is -2.50. The lowest BCUT2D eigenvalue weighted by Crippen LogP contribution is -2.31. The summed E-state index contributed by atoms with van der Waals surface area (Å²) in [5.74, 6) is 1.12. The molecule has 1 fully saturated rings. The van der Waals surface area contributed by atoms with Gasteiger partial charge in [0.1, 0.15) is 24.6 Å². The number of aromatic nitrogens is 1. The molecule has 6 heteroatoms. The van der Waals surface area contributed by atoms with Crippen LogP contribution >= 0.6 is 0 Å². The van der Waals surface area contributed by atoms with Crippen LogP contribution in [0.4, 0.5) is 5.82 Å². The first-order valence-electron chi connectivity index (χ1n) is 6.88. The number of pyridine rings is 1. The van der Waals surface area contributed by atoms with Crippen molar-refractivity contribution in [2.24, 2.45) is 0 Å². The maximum absolute atomic E-state index is 11.3. The van der Waals surface area contributed by atoms with E-state index in [2.05, 4.69) is 10.3 Å². The van der Waals surface area contributed by atoms with Crippen LogP contribution in [0, 0.1) is 0 Å². The second-order valence-electron chi connectivity index (χ2n) is 5.39. The Labute approximate surface area is 120 Å². The lowest BCUT2D eigenvalue weighted by Gasteiger charge is -2.20. The van der Waals surface area contributed by atoms with Crippen molar-refractivity contribution in [3.63, 3.8) is 0 Å². The van der Waals surface area contributed by atoms with Gasteiger partial charge in [0.05, 0.1) is 0 Å². The predicted molar refractivity (Wildman–Crippen MR) is 76.0 cm³/mol. The van der Waals surface area contributed by atoms with Gasteiger partial charge in [-0.05, 0) is 36.4 Å². The summed E-state index contributed by atoms with van der Waals surface area (Å²) >= 11 is 0. The van der Waals surface area contributed by atoms with Gasteiger partial charge in [0.2, 0.25) is 0 Å². The molecule has 0 atom stereocenters. The lowest BCUT2D eigenvalue weighted by atomic mass is 10.1. The molecule has 2 aliphatic rings. The van der Waals surface area contributed by atoms with E-state index in [1.807, 2.05) is 18.2 Å². The number of nitrogens with one attached hydrogen (secondary N) is 1. The molecule has 0 bridgehead atoms. The number of rotatable bonds is 3. The lowest BCUT2D eigenvalue weighted by molar-refractivity contribution is -0.138. The highest BCUT2D eigenvalue weighted by Crippen LogP contribution is 2.42. The van der Waals surface area contributed by atoms with Crippen molar-refractivity contribution in [3.05, 3.63) is 24.4 Å². The standard InChI is InChI=1S/C15H14N2O4/c18-14(19)15(2-3-15)17-13-10-8-12-11(20-5-6-21-12)7-9(10)1-4-16-13/h1,4,7-8H,2-3,5-6H2,(H,16,17)(H,18,19). The molecule has 0 unspecified atom stereocenters. The van der Waals surface area contributed by atoms with E-state index < -0.39 is 11.5 Å². The van der Waals surface area contributed by atoms with Crippen LogP contribution < -0.4 is 14.8 Å². The third-order valence-electron chi connectivity index (χ3n) is 3.94. The van der Waals surface area contributed by atoms with Crippen molar-refractivity contribution in [2.75, 3.05) is 18.5 Å². The molecule has 1 aliphatic heterocycles. The van der Waals surface area contributed by atoms with E-state index in [0.29, 0.717) is 43.4 Å². The van der Waals surface area contributed by atoms with Gasteiger partial charge in [-0.1, -0.05) is 0 Å². The molecular formula is C15H14N2O4. The third kappa shape index (κ3) is 1.94. The number of carboxylic acids is 1. The van der Waals surface area contributed by atoms with Gasteiger partial charge < -0.3 is 19.9 Å². The minimum Gasteiger partial charge on any atom is -0.486 e. The minimum atomic E-state index is -0.867. The molecule has 0 amide bonds. The molecule has 108 valence electrons. The normalized spacial score (nSPS) is 18.3. The van der Waals surface area contributed by atoms with Gasteiger partial charge in [0.25, 0.3) is 0 Å². The molecule has 21 heavy (non-hydrogen) atoms. The molecule has 1 aromatic heterocycles. The van der Waals surface area contributed by atoms with Crippen LogP contribution in [0.15, 0.2) is 24.4 Å². The number of carbonyl (C=O) groups is 1. The number of aliphatic carboxylic acids is 1. The van der Waals surface area contributed by atoms with Crippen molar-refractivity contribution in [1.82, 2.24) is 4.98 Å². The summed E-state index contributed by atoms with van der Waals surface area (Å²) in [6, 6.07) is 5.63. The summed E-state index contributed by atoms with van der Waals surface area (Å²) in [6.07, 6.45) is 2.90. The van der Waals surface area contributed by atoms with Gasteiger partial charge in [0.15, 0.2) is 11.5 Å². The molecule has 1 aliphatic carbocycles. The molecule has 1 aromatic carbocycles. The summed E-state index contributed by atoms with van der Waals surface area (Å²) in [5.41, 5.74) is -0.867. The molecule has 1 saturated carbocycles. The summed E-state index contributed by atoms with van der Waals surface area (Å²) in [6.45, 7) is 1.05. The van der Waals surface area contributed by atoms with Crippen LogP contribution in [-0.4, -0.2) is 34.8 Å². The first-order valence-corrected chi connectivity index (χ1v) is 6.88. The number of hydrogen-bond donors (Lipinski definition) is 2. The van der Waals surface area contributed by atoms with E-state index in [0.717, 1.165) is 10.8 Å². The van der Waals surface area contributed by atoms with E-state index in [-0.39, 0.29) is 0 Å². The average Bonchev–Trinajstić information content (AvgIpc) is 3.27. The molecular weight excluding hydrogens is 272 g/mol. The highest BCUT2D eigenvalue weighted by molar-refractivity contribution is 5.97. The zero-order valence-corrected chi connectivity index (χ0v) is 11.3. The van der Waals surface area contributed by atoms with Gasteiger partial charge in [-0.2, -0.15) is 0 Å². The number of carboxylic acid groups (broad SMARTS) is 1. The maximum atomic E-state index is 11.3. The van der Waals surface area contributed by atoms with Gasteiger partial charge in [0, 0.05) is 11.6 Å². The first-order chi connectivity index (χ1) is 10.2. The molecule has 2 N–H and O–H groups in total. The van der Waals surface area contributed by atoms with Crippen LogP contribution in [0.25, 0.3) is 10.8 Å². The fourth-order valence-electron chi connectivity index (χ4n) is 2.55. The number of hydrogen-bond acceptors (Lipinski definition) is 5. The van der Waals surface area contributed by atoms with Gasteiger partial charge in [-0.3, -0.25) is 0 Å². The summed E-state index contributed by atoms with van der Waals surface area (Å²) in [7, 11) is 0. The Morgan fingerprint density at radius 1 is 1.24 bits per heavy atom. The Balaban J connectivity index is 1.80. The number of benzene rings is 1. The SMILES string of the molecule is O=C(O)C1(Nc2nccc3cc4c(cc23)OCCO4)CC1. The summed E-state index contributed by atoms with van der Waals surface area (Å²) in [5, 5.41) is 14.2. The van der Waals surface area contributed by atoms with Gasteiger partial charge in [-0.15, -0.1) is 0 Å². The molecule has 0 saturated heterocycles. The van der Waals surface area contributed by atoms with Gasteiger partial charge >= 0.3 is 5.97 Å². The van der Waals surface area contributed by atoms with Crippen LogP contribution in [0.3, 0.4) is 0 Å². The van der Waals surface area contributed by atoms with E-state index in [1.165, 1.54) is 0 Å². The number of ether oxygens (including phenoxy) is 2. The van der Waals surface area contributed by atoms with E-state index in [4.69, 9.17) is 9.47 Å². The Kier molecular flexibility index (Phi) is 2.48. The van der Waals surface area contributed by atoms with Crippen molar-refractivity contribution in [1.29, 1.82) is 0 Å². The summed E-state index contributed by atoms with van der Waals surface area (Å²) < 4.78 is 11.1. The van der Waals surface area contributed by atoms with Crippen molar-refractivity contribution < 1.29 is 19.4 Å². The Morgan fingerprint density at radius 3 is 2.62 bits per heavy atom. The second kappa shape index (κ2) is 4.25. The molecule has 0 radical (unpaired) electrons. The van der Waals surface area contributed by atoms with Gasteiger partial charge in [-0.25, -0.2) is 9.78 Å². The zero-order chi connectivity index (χ0) is 14.4. The largest absolute Gasteiger partial charge is 0.486 e. The zero-order valence-electron chi connectivity index (χ0n) is 11.3. The second-order valence-corrected chi connectivity index (χ2v) is 5.39. The summed E-state index contributed by atoms with van der Waals surface area (Å²) in [4.78, 5) is 15.6. The topological polar surface area (TPSA) is 80.7 Å². The number of nitrogens with zero attached hydrogens (tertiary/aromatic N) is 1. The Bertz CT molecular complexity index is 740. The van der Waals surface area contributed by atoms with Crippen LogP contribution in [0.2, 0.25) is 0 Å². The monoisotopic (exact) mass is 286 g/mol. The number of anilines is 1. The highest BCUT2D eigenvalue weighted by Gasteiger charge is 2.51. The molecule has 0 spiro atoms. The Morgan fingerprint density at radius 2 is 1.95 bits per heavy atom. The molecule has 2 heterocycles. The highest BCUT2D eigenvalue weighted by atomic mass is 16.6. The van der Waals surface area contributed by atoms with Crippen molar-refractivity contribution >= 4 is 22.6 Å². The molecule has 2 aromatic rings. The predicted octanol–water partition coefficient (Wildman–Crippen LogP) is 2.04. The maximum Gasteiger partial charge on any atom is 0.329 e. The van der Waals surface area contributed by atoms with Crippen LogP contribution in [0.5, 0.6) is 11.5 Å². The van der Waals surface area contributed by atoms with Crippen molar-refractivity contribution in [2.45, 2.75) is 18.4 Å². The quantitative estimate of drug-likeness (QED) is 0.898. The van der Waals surface area contributed by atoms with E-state index in [9.17, 15) is 9.90 Å². The fraction of sp³-hybridized carbons (Fsp3) is 0.333. The van der Waals surface area contributed by atoms with Crippen LogP contribution in [-0.2, 0) is 4.79 Å².